The maximum absolute atomic E-state index is 13.3. The molecule has 2 aliphatic heterocycles. The third kappa shape index (κ3) is 6.32. The second-order valence-electron chi connectivity index (χ2n) is 9.21. The molecule has 1 fully saturated rings. The Balaban J connectivity index is 1.31. The number of alkyl halides is 3. The highest BCUT2D eigenvalue weighted by Gasteiger charge is 2.32. The number of amides is 1. The molecule has 0 bridgehead atoms. The van der Waals surface area contributed by atoms with Crippen molar-refractivity contribution in [2.45, 2.75) is 19.5 Å². The maximum Gasteiger partial charge on any atom is 0.416 e. The van der Waals surface area contributed by atoms with Crippen LogP contribution in [0.15, 0.2) is 36.5 Å². The van der Waals surface area contributed by atoms with Gasteiger partial charge in [0.05, 0.1) is 40.8 Å². The summed E-state index contributed by atoms with van der Waals surface area (Å²) in [5, 5.41) is 8.89. The highest BCUT2D eigenvalue weighted by Crippen LogP contribution is 2.38. The Labute approximate surface area is 228 Å². The molecule has 13 heteroatoms. The van der Waals surface area contributed by atoms with Gasteiger partial charge in [-0.15, -0.1) is 0 Å². The molecule has 5 rings (SSSR count). The van der Waals surface area contributed by atoms with E-state index in [4.69, 9.17) is 17.0 Å². The second kappa shape index (κ2) is 11.2. The predicted molar refractivity (Wildman–Crippen MR) is 144 cm³/mol. The van der Waals surface area contributed by atoms with Crippen LogP contribution in [0.25, 0.3) is 11.3 Å². The van der Waals surface area contributed by atoms with Crippen LogP contribution >= 0.6 is 12.2 Å². The van der Waals surface area contributed by atoms with E-state index >= 15 is 0 Å². The minimum absolute atomic E-state index is 0.236. The second-order valence-corrected chi connectivity index (χ2v) is 9.71. The summed E-state index contributed by atoms with van der Waals surface area (Å²) in [7, 11) is 0. The van der Waals surface area contributed by atoms with Gasteiger partial charge in [0.25, 0.3) is 5.91 Å². The van der Waals surface area contributed by atoms with E-state index in [9.17, 15) is 18.0 Å². The van der Waals surface area contributed by atoms with Crippen LogP contribution in [0.5, 0.6) is 0 Å². The van der Waals surface area contributed by atoms with E-state index in [1.807, 2.05) is 0 Å². The Kier molecular flexibility index (Phi) is 7.73. The van der Waals surface area contributed by atoms with Crippen LogP contribution in [0.2, 0.25) is 0 Å². The van der Waals surface area contributed by atoms with Gasteiger partial charge in [0.1, 0.15) is 5.69 Å². The van der Waals surface area contributed by atoms with Crippen molar-refractivity contribution in [3.8, 4) is 11.3 Å². The van der Waals surface area contributed by atoms with Crippen molar-refractivity contribution in [1.29, 1.82) is 0 Å². The monoisotopic (exact) mass is 557 g/mol. The Bertz CT molecular complexity index is 1410. The zero-order valence-corrected chi connectivity index (χ0v) is 21.9. The number of benzene rings is 1. The van der Waals surface area contributed by atoms with Crippen molar-refractivity contribution >= 4 is 40.4 Å². The van der Waals surface area contributed by atoms with Crippen molar-refractivity contribution in [1.82, 2.24) is 25.2 Å². The molecular weight excluding hydrogens is 531 g/mol. The number of nitrogens with one attached hydrogen (secondary N) is 3. The summed E-state index contributed by atoms with van der Waals surface area (Å²) in [4.78, 5) is 28.6. The molecular formula is C26H26F3N7O2S. The summed E-state index contributed by atoms with van der Waals surface area (Å²) in [5.41, 5.74) is 2.56. The van der Waals surface area contributed by atoms with Gasteiger partial charge < -0.3 is 20.7 Å². The quantitative estimate of drug-likeness (QED) is 0.389. The number of ether oxygens (including phenoxy) is 1. The first-order valence-electron chi connectivity index (χ1n) is 12.4. The SMILES string of the molecule is Cc1nc(C(=O)NCCN2CCOCC2)ccc1Nc1ncc2c(n1)-c1ccc(C(F)(F)F)cc1NC(=S)C2. The summed E-state index contributed by atoms with van der Waals surface area (Å²) >= 11 is 5.32. The summed E-state index contributed by atoms with van der Waals surface area (Å²) in [6.07, 6.45) is -2.59. The lowest BCUT2D eigenvalue weighted by molar-refractivity contribution is -0.137. The first kappa shape index (κ1) is 26.9. The van der Waals surface area contributed by atoms with E-state index in [0.717, 1.165) is 31.8 Å². The van der Waals surface area contributed by atoms with Crippen LogP contribution in [0.3, 0.4) is 0 Å². The fourth-order valence-corrected chi connectivity index (χ4v) is 4.68. The van der Waals surface area contributed by atoms with Crippen LogP contribution in [-0.4, -0.2) is 70.1 Å². The van der Waals surface area contributed by atoms with Gasteiger partial charge in [-0.3, -0.25) is 9.69 Å². The molecule has 1 amide bonds. The molecule has 39 heavy (non-hydrogen) atoms. The van der Waals surface area contributed by atoms with Crippen LogP contribution in [0, 0.1) is 6.92 Å². The lowest BCUT2D eigenvalue weighted by atomic mass is 10.0. The highest BCUT2D eigenvalue weighted by atomic mass is 32.1. The van der Waals surface area contributed by atoms with Crippen molar-refractivity contribution < 1.29 is 22.7 Å². The van der Waals surface area contributed by atoms with Gasteiger partial charge in [-0.1, -0.05) is 18.3 Å². The number of aryl methyl sites for hydroxylation is 1. The summed E-state index contributed by atoms with van der Waals surface area (Å²) in [6.45, 7) is 6.10. The van der Waals surface area contributed by atoms with Gasteiger partial charge in [0, 0.05) is 55.6 Å². The van der Waals surface area contributed by atoms with Crippen LogP contribution < -0.4 is 16.0 Å². The molecule has 0 spiro atoms. The minimum Gasteiger partial charge on any atom is -0.379 e. The minimum atomic E-state index is -4.48. The molecule has 1 saturated heterocycles. The smallest absolute Gasteiger partial charge is 0.379 e. The van der Waals surface area contributed by atoms with E-state index in [0.29, 0.717) is 52.9 Å². The van der Waals surface area contributed by atoms with Crippen molar-refractivity contribution in [2.24, 2.45) is 0 Å². The standard InChI is InChI=1S/C26H26F3N7O2S/c1-15-19(4-5-20(32-15)24(37)30-6-7-36-8-10-38-11-9-36)34-25-31-14-16-12-22(39)33-21-13-17(26(27,28)29)2-3-18(21)23(16)35-25/h2-5,13-14H,6-12H2,1H3,(H,30,37)(H,33,39)(H,31,34,35). The predicted octanol–water partition coefficient (Wildman–Crippen LogP) is 3.97. The normalized spacial score (nSPS) is 15.5. The zero-order chi connectivity index (χ0) is 27.6. The third-order valence-corrected chi connectivity index (χ3v) is 6.72. The Morgan fingerprint density at radius 2 is 1.97 bits per heavy atom. The van der Waals surface area contributed by atoms with E-state index < -0.39 is 11.7 Å². The molecule has 9 nitrogen and oxygen atoms in total. The molecule has 2 aromatic heterocycles. The van der Waals surface area contributed by atoms with Crippen molar-refractivity contribution in [3.63, 3.8) is 0 Å². The first-order valence-corrected chi connectivity index (χ1v) is 12.8. The van der Waals surface area contributed by atoms with Gasteiger partial charge in [-0.05, 0) is 31.2 Å². The molecule has 204 valence electrons. The van der Waals surface area contributed by atoms with Crippen LogP contribution in [0.4, 0.5) is 30.5 Å². The Morgan fingerprint density at radius 3 is 2.72 bits per heavy atom. The summed E-state index contributed by atoms with van der Waals surface area (Å²) in [5.74, 6) is -0.0301. The van der Waals surface area contributed by atoms with E-state index in [1.165, 1.54) is 6.07 Å². The molecule has 2 aliphatic rings. The summed E-state index contributed by atoms with van der Waals surface area (Å²) < 4.78 is 45.2. The number of thiocarbonyl (C=S) groups is 1. The Hall–Kier alpha value is -3.68. The molecule has 3 aromatic rings. The van der Waals surface area contributed by atoms with Crippen molar-refractivity contribution in [3.05, 3.63) is 59.0 Å². The van der Waals surface area contributed by atoms with Gasteiger partial charge in [0.2, 0.25) is 5.95 Å². The average Bonchev–Trinajstić information content (AvgIpc) is 3.04. The molecule has 0 radical (unpaired) electrons. The number of pyridine rings is 1. The number of hydrogen-bond acceptors (Lipinski definition) is 8. The van der Waals surface area contributed by atoms with Gasteiger partial charge in [-0.2, -0.15) is 13.2 Å². The molecule has 0 atom stereocenters. The number of aromatic nitrogens is 3. The topological polar surface area (TPSA) is 104 Å². The van der Waals surface area contributed by atoms with E-state index in [2.05, 4.69) is 35.8 Å². The van der Waals surface area contributed by atoms with E-state index in [-0.39, 0.29) is 29.7 Å². The van der Waals surface area contributed by atoms with Crippen LogP contribution in [-0.2, 0) is 17.3 Å². The number of fused-ring (bicyclic) bond motifs is 3. The summed E-state index contributed by atoms with van der Waals surface area (Å²) in [6, 6.07) is 6.76. The van der Waals surface area contributed by atoms with Gasteiger partial charge in [-0.25, -0.2) is 15.0 Å². The molecule has 0 unspecified atom stereocenters. The number of carbonyl (C=O) groups is 1. The molecule has 0 saturated carbocycles. The molecule has 0 aliphatic carbocycles. The van der Waals surface area contributed by atoms with E-state index in [1.54, 1.807) is 25.3 Å². The third-order valence-electron chi connectivity index (χ3n) is 6.47. The fraction of sp³-hybridized carbons (Fsp3) is 0.346. The Morgan fingerprint density at radius 1 is 1.18 bits per heavy atom. The lowest BCUT2D eigenvalue weighted by Gasteiger charge is -2.26. The number of anilines is 3. The number of rotatable bonds is 6. The first-order chi connectivity index (χ1) is 18.7. The average molecular weight is 558 g/mol. The number of carbonyl (C=O) groups excluding carboxylic acids is 1. The number of hydrogen-bond donors (Lipinski definition) is 3. The largest absolute Gasteiger partial charge is 0.416 e. The number of halogens is 3. The maximum atomic E-state index is 13.3. The van der Waals surface area contributed by atoms with Gasteiger partial charge >= 0.3 is 6.18 Å². The van der Waals surface area contributed by atoms with Crippen molar-refractivity contribution in [2.75, 3.05) is 50.0 Å². The van der Waals surface area contributed by atoms with Gasteiger partial charge in [0.15, 0.2) is 0 Å². The highest BCUT2D eigenvalue weighted by molar-refractivity contribution is 7.80. The number of morpholine rings is 1. The molecule has 1 aromatic carbocycles. The zero-order valence-electron chi connectivity index (χ0n) is 21.1. The lowest BCUT2D eigenvalue weighted by Crippen LogP contribution is -2.41. The van der Waals surface area contributed by atoms with Crippen LogP contribution in [0.1, 0.15) is 27.3 Å². The molecule has 3 N–H and O–H groups in total. The molecule has 4 heterocycles. The fourth-order valence-electron chi connectivity index (χ4n) is 4.41. The number of nitrogens with zero attached hydrogens (tertiary/aromatic N) is 4.